The molecule has 0 heterocycles. The first-order valence-electron chi connectivity index (χ1n) is 4.49. The second kappa shape index (κ2) is 7.93. The van der Waals surface area contributed by atoms with Gasteiger partial charge in [0.25, 0.3) is 0 Å². The summed E-state index contributed by atoms with van der Waals surface area (Å²) in [6.45, 7) is 0.553. The maximum Gasteiger partial charge on any atom is 0.363 e. The number of nitrogens with zero attached hydrogens (tertiary/aromatic N) is 1. The van der Waals surface area contributed by atoms with Gasteiger partial charge < -0.3 is 14.7 Å². The number of methoxy groups -OCH3 is 2. The molecule has 0 saturated carbocycles. The fraction of sp³-hybridized carbons (Fsp3) is 0.667. The number of carbonyl (C=O) groups excluding carboxylic acids is 2. The number of hydrogen-bond acceptors (Lipinski definition) is 6. The molecular formula is C9H15NO5. The number of esters is 1. The molecule has 1 N–H and O–H groups in total. The van der Waals surface area contributed by atoms with E-state index in [2.05, 4.69) is 9.89 Å². The van der Waals surface area contributed by atoms with Crippen molar-refractivity contribution in [3.05, 3.63) is 0 Å². The fourth-order valence-corrected chi connectivity index (χ4v) is 0.957. The minimum atomic E-state index is -0.922. The topological polar surface area (TPSA) is 85.2 Å². The quantitative estimate of drug-likeness (QED) is 0.166. The summed E-state index contributed by atoms with van der Waals surface area (Å²) in [6.07, 6.45) is 1.42. The van der Waals surface area contributed by atoms with E-state index in [1.807, 2.05) is 0 Å². The van der Waals surface area contributed by atoms with E-state index in [4.69, 9.17) is 9.94 Å². The van der Waals surface area contributed by atoms with Crippen molar-refractivity contribution in [2.24, 2.45) is 5.16 Å². The average Bonchev–Trinajstić information content (AvgIpc) is 2.25. The van der Waals surface area contributed by atoms with Gasteiger partial charge >= 0.3 is 5.97 Å². The minimum absolute atomic E-state index is 0.137. The predicted molar refractivity (Wildman–Crippen MR) is 52.0 cm³/mol. The molecule has 0 aliphatic rings. The molecule has 0 aromatic heterocycles. The first-order chi connectivity index (χ1) is 7.17. The van der Waals surface area contributed by atoms with Crippen molar-refractivity contribution in [2.45, 2.75) is 19.3 Å². The van der Waals surface area contributed by atoms with Crippen LogP contribution >= 0.6 is 0 Å². The first-order valence-corrected chi connectivity index (χ1v) is 4.49. The van der Waals surface area contributed by atoms with Gasteiger partial charge in [0.05, 0.1) is 7.11 Å². The zero-order valence-electron chi connectivity index (χ0n) is 8.86. The molecule has 0 saturated heterocycles. The van der Waals surface area contributed by atoms with Gasteiger partial charge in [-0.2, -0.15) is 0 Å². The Kier molecular flexibility index (Phi) is 7.17. The summed E-state index contributed by atoms with van der Waals surface area (Å²) >= 11 is 0. The molecular weight excluding hydrogens is 202 g/mol. The number of rotatable bonds is 7. The van der Waals surface area contributed by atoms with E-state index < -0.39 is 17.5 Å². The van der Waals surface area contributed by atoms with Crippen LogP contribution in [0, 0.1) is 0 Å². The predicted octanol–water partition coefficient (Wildman–Crippen LogP) is 0.375. The van der Waals surface area contributed by atoms with Crippen LogP contribution in [0.4, 0.5) is 0 Å². The lowest BCUT2D eigenvalue weighted by Gasteiger charge is -2.01. The van der Waals surface area contributed by atoms with Crippen molar-refractivity contribution in [3.63, 3.8) is 0 Å². The molecule has 0 fully saturated rings. The average molecular weight is 217 g/mol. The van der Waals surface area contributed by atoms with Crippen molar-refractivity contribution in [2.75, 3.05) is 20.8 Å². The SMILES string of the molecule is COCCCCC(=O)C(=NO)C(=O)OC. The van der Waals surface area contributed by atoms with Gasteiger partial charge in [-0.25, -0.2) is 4.79 Å². The third-order valence-electron chi connectivity index (χ3n) is 1.75. The highest BCUT2D eigenvalue weighted by atomic mass is 16.5. The lowest BCUT2D eigenvalue weighted by atomic mass is 10.1. The van der Waals surface area contributed by atoms with Gasteiger partial charge in [-0.05, 0) is 12.8 Å². The number of oxime groups is 1. The molecule has 0 bridgehead atoms. The number of carbonyl (C=O) groups is 2. The molecule has 0 radical (unpaired) electrons. The summed E-state index contributed by atoms with van der Waals surface area (Å²) in [5, 5.41) is 11.1. The van der Waals surface area contributed by atoms with Gasteiger partial charge in [-0.3, -0.25) is 4.79 Å². The van der Waals surface area contributed by atoms with Crippen LogP contribution in [0.1, 0.15) is 19.3 Å². The zero-order valence-corrected chi connectivity index (χ0v) is 8.86. The van der Waals surface area contributed by atoms with E-state index >= 15 is 0 Å². The second-order valence-electron chi connectivity index (χ2n) is 2.81. The molecule has 0 aromatic carbocycles. The molecule has 0 atom stereocenters. The fourth-order valence-electron chi connectivity index (χ4n) is 0.957. The van der Waals surface area contributed by atoms with Crippen LogP contribution in [0.5, 0.6) is 0 Å². The molecule has 0 aliphatic heterocycles. The number of hydrogen-bond donors (Lipinski definition) is 1. The Morgan fingerprint density at radius 3 is 2.40 bits per heavy atom. The summed E-state index contributed by atoms with van der Waals surface area (Å²) in [5.41, 5.74) is -0.560. The first kappa shape index (κ1) is 13.6. The lowest BCUT2D eigenvalue weighted by Crippen LogP contribution is -2.25. The highest BCUT2D eigenvalue weighted by molar-refractivity contribution is 6.64. The van der Waals surface area contributed by atoms with Gasteiger partial charge in [0, 0.05) is 20.1 Å². The Hall–Kier alpha value is -1.43. The van der Waals surface area contributed by atoms with E-state index in [0.717, 1.165) is 7.11 Å². The molecule has 86 valence electrons. The summed E-state index contributed by atoms with van der Waals surface area (Å²) < 4.78 is 9.07. The van der Waals surface area contributed by atoms with Crippen molar-refractivity contribution in [3.8, 4) is 0 Å². The molecule has 0 rings (SSSR count). The van der Waals surface area contributed by atoms with Crippen molar-refractivity contribution < 1.29 is 24.3 Å². The summed E-state index contributed by atoms with van der Waals surface area (Å²) in [6, 6.07) is 0. The molecule has 6 heteroatoms. The van der Waals surface area contributed by atoms with Gasteiger partial charge in [0.15, 0.2) is 5.78 Å². The zero-order chi connectivity index (χ0) is 11.7. The normalized spacial score (nSPS) is 11.2. The third-order valence-corrected chi connectivity index (χ3v) is 1.75. The highest BCUT2D eigenvalue weighted by Crippen LogP contribution is 1.99. The number of ketones is 1. The van der Waals surface area contributed by atoms with Gasteiger partial charge in [0.1, 0.15) is 0 Å². The lowest BCUT2D eigenvalue weighted by molar-refractivity contribution is -0.133. The van der Waals surface area contributed by atoms with E-state index in [9.17, 15) is 9.59 Å². The Balaban J connectivity index is 4.02. The van der Waals surface area contributed by atoms with Crippen LogP contribution in [0.2, 0.25) is 0 Å². The number of unbranched alkanes of at least 4 members (excludes halogenated alkanes) is 1. The number of ether oxygens (including phenoxy) is 2. The maximum atomic E-state index is 11.3. The summed E-state index contributed by atoms with van der Waals surface area (Å²) in [4.78, 5) is 22.2. The molecule has 0 aliphatic carbocycles. The Bertz CT molecular complexity index is 249. The van der Waals surface area contributed by atoms with Crippen LogP contribution in [0.25, 0.3) is 0 Å². The van der Waals surface area contributed by atoms with E-state index in [1.54, 1.807) is 7.11 Å². The smallest absolute Gasteiger partial charge is 0.363 e. The van der Waals surface area contributed by atoms with Crippen LogP contribution in [0.3, 0.4) is 0 Å². The standard InChI is InChI=1S/C9H15NO5/c1-14-6-4-3-5-7(11)8(10-13)9(12)15-2/h13H,3-6H2,1-2H3. The van der Waals surface area contributed by atoms with Gasteiger partial charge in [-0.1, -0.05) is 5.16 Å². The van der Waals surface area contributed by atoms with E-state index in [1.165, 1.54) is 0 Å². The highest BCUT2D eigenvalue weighted by Gasteiger charge is 2.21. The van der Waals surface area contributed by atoms with Gasteiger partial charge in [-0.15, -0.1) is 0 Å². The van der Waals surface area contributed by atoms with Crippen LogP contribution in [0.15, 0.2) is 5.16 Å². The van der Waals surface area contributed by atoms with Crippen molar-refractivity contribution in [1.29, 1.82) is 0 Å². The second-order valence-corrected chi connectivity index (χ2v) is 2.81. The maximum absolute atomic E-state index is 11.3. The Labute approximate surface area is 87.9 Å². The molecule has 0 spiro atoms. The Morgan fingerprint density at radius 2 is 1.93 bits per heavy atom. The Morgan fingerprint density at radius 1 is 1.27 bits per heavy atom. The molecule has 6 nitrogen and oxygen atoms in total. The summed E-state index contributed by atoms with van der Waals surface area (Å²) in [7, 11) is 2.68. The molecule has 15 heavy (non-hydrogen) atoms. The summed E-state index contributed by atoms with van der Waals surface area (Å²) in [5.74, 6) is -1.45. The molecule has 0 unspecified atom stereocenters. The van der Waals surface area contributed by atoms with E-state index in [0.29, 0.717) is 19.4 Å². The monoisotopic (exact) mass is 217 g/mol. The third kappa shape index (κ3) is 5.11. The van der Waals surface area contributed by atoms with Crippen molar-refractivity contribution >= 4 is 17.5 Å². The van der Waals surface area contributed by atoms with Crippen LogP contribution in [-0.4, -0.2) is 43.5 Å². The van der Waals surface area contributed by atoms with Crippen molar-refractivity contribution in [1.82, 2.24) is 0 Å². The van der Waals surface area contributed by atoms with Gasteiger partial charge in [0.2, 0.25) is 5.71 Å². The van der Waals surface area contributed by atoms with E-state index in [-0.39, 0.29) is 6.42 Å². The minimum Gasteiger partial charge on any atom is -0.464 e. The van der Waals surface area contributed by atoms with Crippen LogP contribution in [-0.2, 0) is 19.1 Å². The van der Waals surface area contributed by atoms with Crippen LogP contribution < -0.4 is 0 Å². The molecule has 0 aromatic rings. The molecule has 0 amide bonds. The number of Topliss-reactive ketones (excluding diaryl/α,β-unsaturated/α-hetero) is 1. The largest absolute Gasteiger partial charge is 0.464 e.